The van der Waals surface area contributed by atoms with E-state index in [0.29, 0.717) is 45.2 Å². The number of nitrogens with one attached hydrogen (secondary N) is 3. The highest BCUT2D eigenvalue weighted by atomic mass is 16.4. The summed E-state index contributed by atoms with van der Waals surface area (Å²) >= 11 is 0. The molecule has 0 saturated carbocycles. The zero-order valence-electron chi connectivity index (χ0n) is 18.5. The van der Waals surface area contributed by atoms with Gasteiger partial charge in [-0.1, -0.05) is 6.42 Å². The van der Waals surface area contributed by atoms with Crippen LogP contribution in [0.5, 0.6) is 0 Å². The molecule has 5 unspecified atom stereocenters. The van der Waals surface area contributed by atoms with Crippen molar-refractivity contribution in [2.45, 2.75) is 75.7 Å². The first-order chi connectivity index (χ1) is 15.1. The molecule has 0 spiro atoms. The minimum absolute atomic E-state index is 0.131. The second-order valence-corrected chi connectivity index (χ2v) is 7.55. The summed E-state index contributed by atoms with van der Waals surface area (Å²) in [6, 6.07) is -5.00. The summed E-state index contributed by atoms with van der Waals surface area (Å²) in [4.78, 5) is 48.6. The van der Waals surface area contributed by atoms with E-state index in [4.69, 9.17) is 22.3 Å². The molecule has 0 saturated heterocycles. The average Bonchev–Trinajstić information content (AvgIpc) is 2.74. The van der Waals surface area contributed by atoms with E-state index in [-0.39, 0.29) is 6.42 Å². The maximum absolute atomic E-state index is 12.6. The van der Waals surface area contributed by atoms with Crippen molar-refractivity contribution >= 4 is 23.7 Å². The van der Waals surface area contributed by atoms with Crippen LogP contribution in [0.1, 0.15) is 45.4 Å². The molecule has 13 nitrogen and oxygen atoms in total. The van der Waals surface area contributed by atoms with Gasteiger partial charge in [-0.3, -0.25) is 14.4 Å². The Labute approximate surface area is 187 Å². The zero-order valence-corrected chi connectivity index (χ0v) is 18.5. The summed E-state index contributed by atoms with van der Waals surface area (Å²) in [6.07, 6.45) is 1.42. The molecule has 0 aliphatic rings. The van der Waals surface area contributed by atoms with Crippen LogP contribution in [0.3, 0.4) is 0 Å². The topological polar surface area (TPSA) is 243 Å². The molecule has 32 heavy (non-hydrogen) atoms. The third-order valence-electron chi connectivity index (χ3n) is 4.75. The average molecular weight is 463 g/mol. The van der Waals surface area contributed by atoms with Crippen LogP contribution in [0, 0.1) is 0 Å². The molecule has 0 heterocycles. The van der Waals surface area contributed by atoms with Gasteiger partial charge in [0.25, 0.3) is 0 Å². The van der Waals surface area contributed by atoms with E-state index in [0.717, 1.165) is 0 Å². The van der Waals surface area contributed by atoms with Crippen molar-refractivity contribution in [1.29, 1.82) is 0 Å². The van der Waals surface area contributed by atoms with Gasteiger partial charge in [0, 0.05) is 0 Å². The number of carbonyl (C=O) groups is 4. The van der Waals surface area contributed by atoms with Crippen molar-refractivity contribution in [2.75, 3.05) is 19.7 Å². The molecule has 0 bridgehead atoms. The molecule has 0 aromatic heterocycles. The minimum Gasteiger partial charge on any atom is -0.480 e. The second kappa shape index (κ2) is 16.3. The quantitative estimate of drug-likeness (QED) is 0.0964. The number of rotatable bonds is 17. The largest absolute Gasteiger partial charge is 0.480 e. The Kier molecular flexibility index (Phi) is 15.1. The van der Waals surface area contributed by atoms with Gasteiger partial charge in [0.05, 0.1) is 18.8 Å². The molecular weight excluding hydrogens is 424 g/mol. The van der Waals surface area contributed by atoms with Crippen LogP contribution >= 0.6 is 0 Å². The van der Waals surface area contributed by atoms with Gasteiger partial charge in [-0.25, -0.2) is 4.79 Å². The predicted molar refractivity (Wildman–Crippen MR) is 116 cm³/mol. The van der Waals surface area contributed by atoms with E-state index >= 15 is 0 Å². The monoisotopic (exact) mass is 462 g/mol. The van der Waals surface area contributed by atoms with E-state index in [1.807, 2.05) is 0 Å². The molecule has 186 valence electrons. The normalized spacial score (nSPS) is 15.7. The van der Waals surface area contributed by atoms with Crippen LogP contribution in [0.25, 0.3) is 0 Å². The molecule has 0 aromatic rings. The van der Waals surface area contributed by atoms with Crippen LogP contribution in [-0.2, 0) is 19.2 Å². The Morgan fingerprint density at radius 2 is 1.31 bits per heavy atom. The fraction of sp³-hybridized carbons (Fsp3) is 0.789. The number of aliphatic hydroxyl groups excluding tert-OH is 2. The van der Waals surface area contributed by atoms with Gasteiger partial charge in [-0.15, -0.1) is 0 Å². The van der Waals surface area contributed by atoms with Gasteiger partial charge in [0.2, 0.25) is 17.7 Å². The number of hydrogen-bond acceptors (Lipinski definition) is 9. The van der Waals surface area contributed by atoms with Crippen molar-refractivity contribution in [3.63, 3.8) is 0 Å². The standard InChI is InChI=1S/C19H38N6O7/c1-11(27)15(19(31)32)25-17(29)13(7-3-5-9-21)23-18(30)14(10-26)24-16(28)12(22)6-2-4-8-20/h11-15,26-27H,2-10,20-22H2,1H3,(H,23,30)(H,24,28)(H,25,29)(H,31,32). The number of amides is 3. The van der Waals surface area contributed by atoms with E-state index in [1.54, 1.807) is 0 Å². The summed E-state index contributed by atoms with van der Waals surface area (Å²) in [5.74, 6) is -3.75. The first-order valence-electron chi connectivity index (χ1n) is 10.7. The van der Waals surface area contributed by atoms with Crippen LogP contribution in [0.4, 0.5) is 0 Å². The summed E-state index contributed by atoms with van der Waals surface area (Å²) in [6.45, 7) is 1.28. The maximum atomic E-state index is 12.6. The number of aliphatic hydroxyl groups is 2. The number of unbranched alkanes of at least 4 members (excludes halogenated alkanes) is 2. The van der Waals surface area contributed by atoms with Crippen molar-refractivity contribution in [1.82, 2.24) is 16.0 Å². The smallest absolute Gasteiger partial charge is 0.328 e. The number of nitrogens with two attached hydrogens (primary N) is 3. The SMILES string of the molecule is CC(O)C(NC(=O)C(CCCCN)NC(=O)C(CO)NC(=O)C(N)CCCCN)C(=O)O. The number of hydrogen-bond donors (Lipinski definition) is 9. The van der Waals surface area contributed by atoms with Crippen LogP contribution in [0.15, 0.2) is 0 Å². The second-order valence-electron chi connectivity index (χ2n) is 7.55. The van der Waals surface area contributed by atoms with Gasteiger partial charge in [-0.2, -0.15) is 0 Å². The van der Waals surface area contributed by atoms with Crippen LogP contribution in [0.2, 0.25) is 0 Å². The molecule has 13 heteroatoms. The molecule has 5 atom stereocenters. The molecule has 0 aromatic carbocycles. The lowest BCUT2D eigenvalue weighted by atomic mass is 10.1. The lowest BCUT2D eigenvalue weighted by Gasteiger charge is -2.25. The van der Waals surface area contributed by atoms with Gasteiger partial charge in [0.15, 0.2) is 6.04 Å². The minimum atomic E-state index is -1.57. The van der Waals surface area contributed by atoms with Crippen molar-refractivity contribution in [3.05, 3.63) is 0 Å². The van der Waals surface area contributed by atoms with E-state index in [9.17, 15) is 29.4 Å². The summed E-state index contributed by atoms with van der Waals surface area (Å²) in [5.41, 5.74) is 16.6. The highest BCUT2D eigenvalue weighted by Crippen LogP contribution is 2.04. The van der Waals surface area contributed by atoms with E-state index < -0.39 is 60.6 Å². The first-order valence-corrected chi connectivity index (χ1v) is 10.7. The lowest BCUT2D eigenvalue weighted by Crippen LogP contribution is -2.59. The Bertz CT molecular complexity index is 605. The molecule has 0 rings (SSSR count). The first kappa shape index (κ1) is 29.7. The number of aliphatic carboxylic acids is 1. The van der Waals surface area contributed by atoms with Gasteiger partial charge < -0.3 is 48.5 Å². The van der Waals surface area contributed by atoms with E-state index in [2.05, 4.69) is 16.0 Å². The number of carboxylic acid groups (broad SMARTS) is 1. The highest BCUT2D eigenvalue weighted by molar-refractivity contribution is 5.94. The summed E-state index contributed by atoms with van der Waals surface area (Å²) in [5, 5.41) is 35.2. The Morgan fingerprint density at radius 3 is 1.78 bits per heavy atom. The zero-order chi connectivity index (χ0) is 24.7. The number of carboxylic acids is 1. The third-order valence-corrected chi connectivity index (χ3v) is 4.75. The lowest BCUT2D eigenvalue weighted by molar-refractivity contribution is -0.145. The van der Waals surface area contributed by atoms with Gasteiger partial charge in [0.1, 0.15) is 12.1 Å². The molecule has 0 aliphatic carbocycles. The van der Waals surface area contributed by atoms with Crippen molar-refractivity contribution in [2.24, 2.45) is 17.2 Å². The molecular formula is C19H38N6O7. The Balaban J connectivity index is 5.16. The van der Waals surface area contributed by atoms with Crippen molar-refractivity contribution in [3.8, 4) is 0 Å². The third kappa shape index (κ3) is 11.3. The summed E-state index contributed by atoms with van der Waals surface area (Å²) < 4.78 is 0. The molecule has 12 N–H and O–H groups in total. The molecule has 0 aliphatic heterocycles. The summed E-state index contributed by atoms with van der Waals surface area (Å²) in [7, 11) is 0. The maximum Gasteiger partial charge on any atom is 0.328 e. The van der Waals surface area contributed by atoms with Crippen molar-refractivity contribution < 1.29 is 34.5 Å². The molecule has 3 amide bonds. The predicted octanol–water partition coefficient (Wildman–Crippen LogP) is -3.52. The van der Waals surface area contributed by atoms with E-state index in [1.165, 1.54) is 6.92 Å². The van der Waals surface area contributed by atoms with Crippen LogP contribution in [-0.4, -0.2) is 89.0 Å². The Hall–Kier alpha value is -2.32. The van der Waals surface area contributed by atoms with Gasteiger partial charge >= 0.3 is 5.97 Å². The van der Waals surface area contributed by atoms with Gasteiger partial charge in [-0.05, 0) is 52.1 Å². The Morgan fingerprint density at radius 1 is 0.812 bits per heavy atom. The highest BCUT2D eigenvalue weighted by Gasteiger charge is 2.31. The van der Waals surface area contributed by atoms with Crippen LogP contribution < -0.4 is 33.2 Å². The fourth-order valence-electron chi connectivity index (χ4n) is 2.79. The number of carbonyl (C=O) groups excluding carboxylic acids is 3. The molecule has 0 fully saturated rings. The molecule has 0 radical (unpaired) electrons. The fourth-order valence-corrected chi connectivity index (χ4v) is 2.79.